The largest absolute Gasteiger partial charge is 0.618 e. The van der Waals surface area contributed by atoms with Crippen molar-refractivity contribution in [3.05, 3.63) is 63.1 Å². The van der Waals surface area contributed by atoms with Gasteiger partial charge in [-0.3, -0.25) is 0 Å². The van der Waals surface area contributed by atoms with E-state index in [0.29, 0.717) is 17.1 Å². The molecular formula is C32H42N2O4Si. The Morgan fingerprint density at radius 2 is 1.44 bits per heavy atom. The smallest absolute Gasteiger partial charge is 0.250 e. The number of methoxy groups -OCH3 is 2. The fourth-order valence-electron chi connectivity index (χ4n) is 4.99. The van der Waals surface area contributed by atoms with Crippen LogP contribution in [-0.4, -0.2) is 27.5 Å². The van der Waals surface area contributed by atoms with Crippen LogP contribution in [0.15, 0.2) is 24.3 Å². The fourth-order valence-corrected chi connectivity index (χ4v) is 5.93. The van der Waals surface area contributed by atoms with E-state index in [-0.39, 0.29) is 11.6 Å². The van der Waals surface area contributed by atoms with E-state index in [0.717, 1.165) is 65.7 Å². The summed E-state index contributed by atoms with van der Waals surface area (Å²) in [7, 11) is 1.28. The molecule has 0 radical (unpaired) electrons. The van der Waals surface area contributed by atoms with Crippen LogP contribution in [-0.2, 0) is 11.0 Å². The van der Waals surface area contributed by atoms with E-state index in [1.807, 2.05) is 32.9 Å². The van der Waals surface area contributed by atoms with Crippen molar-refractivity contribution >= 4 is 29.9 Å². The molecule has 0 unspecified atom stereocenters. The van der Waals surface area contributed by atoms with E-state index < -0.39 is 8.32 Å². The Morgan fingerprint density at radius 1 is 0.846 bits per heavy atom. The summed E-state index contributed by atoms with van der Waals surface area (Å²) in [4.78, 5) is 4.98. The normalized spacial score (nSPS) is 12.4. The van der Waals surface area contributed by atoms with Gasteiger partial charge in [0.2, 0.25) is 5.69 Å². The van der Waals surface area contributed by atoms with E-state index >= 15 is 0 Å². The third kappa shape index (κ3) is 4.87. The van der Waals surface area contributed by atoms with E-state index in [1.165, 1.54) is 0 Å². The number of aromatic nitrogens is 2. The van der Waals surface area contributed by atoms with Crippen LogP contribution in [0.2, 0.25) is 18.1 Å². The number of rotatable bonds is 6. The number of pyridine rings is 2. The van der Waals surface area contributed by atoms with Crippen LogP contribution < -0.4 is 14.2 Å². The Kier molecular flexibility index (Phi) is 7.47. The highest BCUT2D eigenvalue weighted by Crippen LogP contribution is 2.40. The summed E-state index contributed by atoms with van der Waals surface area (Å²) in [5.41, 5.74) is 6.80. The van der Waals surface area contributed by atoms with Gasteiger partial charge in [-0.15, -0.1) is 0 Å². The van der Waals surface area contributed by atoms with Crippen LogP contribution in [0.1, 0.15) is 54.4 Å². The molecule has 0 saturated carbocycles. The molecule has 208 valence electrons. The molecule has 0 saturated heterocycles. The summed E-state index contributed by atoms with van der Waals surface area (Å²) in [5.74, 6) is 1.59. The minimum atomic E-state index is -2.10. The minimum absolute atomic E-state index is 0.0256. The molecular weight excluding hydrogens is 504 g/mol. The molecule has 0 bridgehead atoms. The van der Waals surface area contributed by atoms with Gasteiger partial charge in [0.1, 0.15) is 23.8 Å². The summed E-state index contributed by atoms with van der Waals surface area (Å²) < 4.78 is 19.2. The van der Waals surface area contributed by atoms with Crippen LogP contribution >= 0.6 is 0 Å². The highest BCUT2D eigenvalue weighted by molar-refractivity contribution is 6.74. The molecule has 0 aliphatic carbocycles. The van der Waals surface area contributed by atoms with Gasteiger partial charge < -0.3 is 19.1 Å². The van der Waals surface area contributed by atoms with Gasteiger partial charge in [-0.2, -0.15) is 4.73 Å². The lowest BCUT2D eigenvalue weighted by Crippen LogP contribution is -2.43. The van der Waals surface area contributed by atoms with Gasteiger partial charge in [-0.25, -0.2) is 4.98 Å². The molecule has 0 aliphatic heterocycles. The van der Waals surface area contributed by atoms with Crippen molar-refractivity contribution in [2.24, 2.45) is 0 Å². The monoisotopic (exact) mass is 546 g/mol. The second-order valence-corrected chi connectivity index (χ2v) is 17.0. The molecule has 0 spiro atoms. The molecule has 0 atom stereocenters. The molecule has 4 rings (SSSR count). The maximum Gasteiger partial charge on any atom is 0.250 e. The Bertz CT molecular complexity index is 1600. The van der Waals surface area contributed by atoms with Gasteiger partial charge in [-0.1, -0.05) is 26.8 Å². The second kappa shape index (κ2) is 10.1. The number of aryl methyl sites for hydroxylation is 3. The third-order valence-electron chi connectivity index (χ3n) is 8.66. The Balaban J connectivity index is 2.06. The van der Waals surface area contributed by atoms with Gasteiger partial charge in [0.15, 0.2) is 8.32 Å². The van der Waals surface area contributed by atoms with Crippen LogP contribution in [0.25, 0.3) is 32.9 Å². The average molecular weight is 547 g/mol. The molecule has 0 fully saturated rings. The maximum atomic E-state index is 14.2. The first kappa shape index (κ1) is 28.8. The van der Waals surface area contributed by atoms with Crippen molar-refractivity contribution in [1.29, 1.82) is 0 Å². The molecule has 7 heteroatoms. The summed E-state index contributed by atoms with van der Waals surface area (Å²) >= 11 is 0. The Morgan fingerprint density at radius 3 is 2.03 bits per heavy atom. The number of fused-ring (bicyclic) bond motifs is 2. The van der Waals surface area contributed by atoms with Gasteiger partial charge >= 0.3 is 0 Å². The number of hydrogen-bond donors (Lipinski definition) is 0. The maximum absolute atomic E-state index is 14.2. The predicted octanol–water partition coefficient (Wildman–Crippen LogP) is 7.77. The summed E-state index contributed by atoms with van der Waals surface area (Å²) in [5, 5.41) is 17.9. The predicted molar refractivity (Wildman–Crippen MR) is 162 cm³/mol. The average Bonchev–Trinajstić information content (AvgIpc) is 2.84. The quantitative estimate of drug-likeness (QED) is 0.140. The zero-order chi connectivity index (χ0) is 29.0. The lowest BCUT2D eigenvalue weighted by molar-refractivity contribution is -0.603. The van der Waals surface area contributed by atoms with Gasteiger partial charge in [0.05, 0.1) is 19.6 Å². The molecule has 39 heavy (non-hydrogen) atoms. The van der Waals surface area contributed by atoms with E-state index in [2.05, 4.69) is 59.8 Å². The molecule has 2 aromatic carbocycles. The Hall–Kier alpha value is -3.16. The summed E-state index contributed by atoms with van der Waals surface area (Å²) in [6, 6.07) is 8.13. The van der Waals surface area contributed by atoms with Gasteiger partial charge in [0, 0.05) is 22.5 Å². The lowest BCUT2D eigenvalue weighted by Gasteiger charge is -2.35. The molecule has 0 amide bonds. The first-order valence-electron chi connectivity index (χ1n) is 13.5. The first-order valence-corrected chi connectivity index (χ1v) is 16.4. The fraction of sp³-hybridized carbons (Fsp3) is 0.438. The molecule has 2 aromatic heterocycles. The van der Waals surface area contributed by atoms with Crippen LogP contribution in [0, 0.1) is 39.8 Å². The van der Waals surface area contributed by atoms with E-state index in [1.54, 1.807) is 14.2 Å². The number of benzene rings is 2. The van der Waals surface area contributed by atoms with E-state index in [4.69, 9.17) is 18.9 Å². The van der Waals surface area contributed by atoms with Crippen molar-refractivity contribution < 1.29 is 18.6 Å². The standard InChI is InChI=1S/C32H42N2O4Si/c1-18-13-23-15-27(33-22(5)28(23)31(37-10)21(18)4)29-25-14-19(2)20(3)30(36-9)26(25)16-24(34(29)35)17-38-39(11,12)32(6,7)8/h13-16H,17H2,1-12H3. The number of hydrogen-bond acceptors (Lipinski definition) is 5. The minimum Gasteiger partial charge on any atom is -0.618 e. The molecule has 0 N–H and O–H groups in total. The second-order valence-electron chi connectivity index (χ2n) is 12.2. The molecule has 0 aliphatic rings. The van der Waals surface area contributed by atoms with Crippen molar-refractivity contribution in [2.45, 2.75) is 80.1 Å². The molecule has 2 heterocycles. The summed E-state index contributed by atoms with van der Waals surface area (Å²) in [6.45, 7) is 21.4. The third-order valence-corrected chi connectivity index (χ3v) is 13.1. The highest BCUT2D eigenvalue weighted by Gasteiger charge is 2.38. The van der Waals surface area contributed by atoms with Gasteiger partial charge in [0.25, 0.3) is 5.69 Å². The molecule has 6 nitrogen and oxygen atoms in total. The number of nitrogens with zero attached hydrogens (tertiary/aromatic N) is 2. The van der Waals surface area contributed by atoms with Crippen LogP contribution in [0.5, 0.6) is 11.5 Å². The first-order chi connectivity index (χ1) is 18.1. The SMILES string of the molecule is COc1c(C)c(C)cc2c(-c3cc4cc(C)c(C)c(OC)c4c(C)n3)[n+]([O-])c(CO[Si](C)(C)C(C)(C)C)cc12. The summed E-state index contributed by atoms with van der Waals surface area (Å²) in [6.07, 6.45) is 0. The van der Waals surface area contributed by atoms with Crippen molar-refractivity contribution in [3.8, 4) is 22.9 Å². The van der Waals surface area contributed by atoms with Crippen LogP contribution in [0.4, 0.5) is 0 Å². The van der Waals surface area contributed by atoms with Gasteiger partial charge in [-0.05, 0) is 92.5 Å². The zero-order valence-electron chi connectivity index (χ0n) is 25.5. The van der Waals surface area contributed by atoms with Crippen molar-refractivity contribution in [3.63, 3.8) is 0 Å². The number of ether oxygens (including phenoxy) is 2. The van der Waals surface area contributed by atoms with Crippen LogP contribution in [0.3, 0.4) is 0 Å². The zero-order valence-corrected chi connectivity index (χ0v) is 26.5. The lowest BCUT2D eigenvalue weighted by atomic mass is 9.96. The topological polar surface area (TPSA) is 67.5 Å². The van der Waals surface area contributed by atoms with E-state index in [9.17, 15) is 5.21 Å². The molecule has 4 aromatic rings. The van der Waals surface area contributed by atoms with Crippen molar-refractivity contribution in [2.75, 3.05) is 14.2 Å². The highest BCUT2D eigenvalue weighted by atomic mass is 28.4. The van der Waals surface area contributed by atoms with Crippen molar-refractivity contribution in [1.82, 2.24) is 4.98 Å². The Labute approximate surface area is 233 Å².